The SMILES string of the molecule is CC(C)(C)NCCCCSc1nc2ccccc2o1. The fourth-order valence-corrected chi connectivity index (χ4v) is 2.60. The number of oxazole rings is 1. The lowest BCUT2D eigenvalue weighted by atomic mass is 10.1. The summed E-state index contributed by atoms with van der Waals surface area (Å²) in [7, 11) is 0. The van der Waals surface area contributed by atoms with Crippen LogP contribution in [-0.4, -0.2) is 22.8 Å². The normalized spacial score (nSPS) is 12.2. The van der Waals surface area contributed by atoms with Crippen molar-refractivity contribution >= 4 is 22.9 Å². The zero-order valence-electron chi connectivity index (χ0n) is 11.9. The van der Waals surface area contributed by atoms with Crippen molar-refractivity contribution in [3.8, 4) is 0 Å². The Kier molecular flexibility index (Phi) is 4.88. The van der Waals surface area contributed by atoms with Crippen LogP contribution in [0.15, 0.2) is 33.9 Å². The zero-order valence-corrected chi connectivity index (χ0v) is 12.7. The van der Waals surface area contributed by atoms with Crippen molar-refractivity contribution in [3.05, 3.63) is 24.3 Å². The molecule has 19 heavy (non-hydrogen) atoms. The lowest BCUT2D eigenvalue weighted by Crippen LogP contribution is -2.36. The molecule has 2 aromatic rings. The van der Waals surface area contributed by atoms with Gasteiger partial charge in [0.15, 0.2) is 5.58 Å². The van der Waals surface area contributed by atoms with Gasteiger partial charge < -0.3 is 9.73 Å². The molecule has 1 heterocycles. The molecule has 0 amide bonds. The van der Waals surface area contributed by atoms with Crippen LogP contribution < -0.4 is 5.32 Å². The van der Waals surface area contributed by atoms with Crippen molar-refractivity contribution in [3.63, 3.8) is 0 Å². The third kappa shape index (κ3) is 4.88. The quantitative estimate of drug-likeness (QED) is 0.638. The lowest BCUT2D eigenvalue weighted by molar-refractivity contribution is 0.421. The Morgan fingerprint density at radius 1 is 1.21 bits per heavy atom. The first-order chi connectivity index (χ1) is 9.04. The smallest absolute Gasteiger partial charge is 0.256 e. The number of benzene rings is 1. The number of rotatable bonds is 6. The summed E-state index contributed by atoms with van der Waals surface area (Å²) in [5, 5.41) is 4.28. The molecule has 4 heteroatoms. The molecule has 0 spiro atoms. The second-order valence-electron chi connectivity index (χ2n) is 5.68. The average Bonchev–Trinajstić information content (AvgIpc) is 2.74. The first-order valence-electron chi connectivity index (χ1n) is 6.78. The highest BCUT2D eigenvalue weighted by molar-refractivity contribution is 7.99. The summed E-state index contributed by atoms with van der Waals surface area (Å²) in [6, 6.07) is 7.90. The van der Waals surface area contributed by atoms with Gasteiger partial charge in [0.2, 0.25) is 0 Å². The van der Waals surface area contributed by atoms with Crippen LogP contribution in [0.3, 0.4) is 0 Å². The van der Waals surface area contributed by atoms with Gasteiger partial charge in [-0.1, -0.05) is 23.9 Å². The van der Waals surface area contributed by atoms with Crippen LogP contribution in [0.1, 0.15) is 33.6 Å². The summed E-state index contributed by atoms with van der Waals surface area (Å²) in [6.07, 6.45) is 2.36. The van der Waals surface area contributed by atoms with E-state index in [0.717, 1.165) is 28.6 Å². The minimum absolute atomic E-state index is 0.216. The third-order valence-electron chi connectivity index (χ3n) is 2.73. The van der Waals surface area contributed by atoms with E-state index in [0.29, 0.717) is 0 Å². The summed E-state index contributed by atoms with van der Waals surface area (Å²) >= 11 is 1.70. The summed E-state index contributed by atoms with van der Waals surface area (Å²) in [5.41, 5.74) is 2.03. The minimum atomic E-state index is 0.216. The fourth-order valence-electron chi connectivity index (χ4n) is 1.76. The van der Waals surface area contributed by atoms with E-state index >= 15 is 0 Å². The van der Waals surface area contributed by atoms with Gasteiger partial charge >= 0.3 is 0 Å². The Bertz CT molecular complexity index is 483. The summed E-state index contributed by atoms with van der Waals surface area (Å²) in [6.45, 7) is 7.65. The average molecular weight is 278 g/mol. The number of fused-ring (bicyclic) bond motifs is 1. The van der Waals surface area contributed by atoms with E-state index in [1.807, 2.05) is 24.3 Å². The maximum absolute atomic E-state index is 5.67. The van der Waals surface area contributed by atoms with Crippen molar-refractivity contribution < 1.29 is 4.42 Å². The molecule has 1 aromatic heterocycles. The predicted octanol–water partition coefficient (Wildman–Crippen LogP) is 4.09. The molecular formula is C15H22N2OS. The standard InChI is InChI=1S/C15H22N2OS/c1-15(2,3)16-10-6-7-11-19-14-17-12-8-4-5-9-13(12)18-14/h4-5,8-9,16H,6-7,10-11H2,1-3H3. The van der Waals surface area contributed by atoms with Gasteiger partial charge in [0.05, 0.1) is 0 Å². The highest BCUT2D eigenvalue weighted by Crippen LogP contribution is 2.23. The second-order valence-corrected chi connectivity index (χ2v) is 6.73. The maximum atomic E-state index is 5.67. The van der Waals surface area contributed by atoms with E-state index in [-0.39, 0.29) is 5.54 Å². The number of nitrogens with one attached hydrogen (secondary N) is 1. The molecule has 0 fully saturated rings. The molecular weight excluding hydrogens is 256 g/mol. The number of nitrogens with zero attached hydrogens (tertiary/aromatic N) is 1. The molecule has 0 aliphatic heterocycles. The Hall–Kier alpha value is -1.00. The Morgan fingerprint density at radius 2 is 2.00 bits per heavy atom. The van der Waals surface area contributed by atoms with Gasteiger partial charge in [-0.2, -0.15) is 0 Å². The number of para-hydroxylation sites is 2. The van der Waals surface area contributed by atoms with Gasteiger partial charge in [0.1, 0.15) is 5.52 Å². The number of unbranched alkanes of at least 4 members (excludes halogenated alkanes) is 1. The molecule has 0 saturated carbocycles. The summed E-state index contributed by atoms with van der Waals surface area (Å²) in [5.74, 6) is 1.05. The molecule has 2 rings (SSSR count). The van der Waals surface area contributed by atoms with Crippen LogP contribution >= 0.6 is 11.8 Å². The largest absolute Gasteiger partial charge is 0.431 e. The van der Waals surface area contributed by atoms with Crippen LogP contribution in [0.2, 0.25) is 0 Å². The van der Waals surface area contributed by atoms with Crippen LogP contribution in [0, 0.1) is 0 Å². The summed E-state index contributed by atoms with van der Waals surface area (Å²) in [4.78, 5) is 4.45. The number of hydrogen-bond acceptors (Lipinski definition) is 4. The van der Waals surface area contributed by atoms with E-state index in [9.17, 15) is 0 Å². The first-order valence-corrected chi connectivity index (χ1v) is 7.76. The van der Waals surface area contributed by atoms with E-state index in [4.69, 9.17) is 4.42 Å². The number of hydrogen-bond donors (Lipinski definition) is 1. The maximum Gasteiger partial charge on any atom is 0.256 e. The van der Waals surface area contributed by atoms with Crippen molar-refractivity contribution in [2.75, 3.05) is 12.3 Å². The topological polar surface area (TPSA) is 38.1 Å². The highest BCUT2D eigenvalue weighted by Gasteiger charge is 2.08. The molecule has 0 bridgehead atoms. The second kappa shape index (κ2) is 6.44. The summed E-state index contributed by atoms with van der Waals surface area (Å²) < 4.78 is 5.67. The van der Waals surface area contributed by atoms with Crippen molar-refractivity contribution in [2.24, 2.45) is 0 Å². The zero-order chi connectivity index (χ0) is 13.7. The fraction of sp³-hybridized carbons (Fsp3) is 0.533. The van der Waals surface area contributed by atoms with Crippen LogP contribution in [0.4, 0.5) is 0 Å². The lowest BCUT2D eigenvalue weighted by Gasteiger charge is -2.20. The van der Waals surface area contributed by atoms with Gasteiger partial charge in [-0.05, 0) is 52.3 Å². The number of thioether (sulfide) groups is 1. The Morgan fingerprint density at radius 3 is 2.74 bits per heavy atom. The predicted molar refractivity (Wildman–Crippen MR) is 81.7 cm³/mol. The molecule has 0 saturated heterocycles. The molecule has 104 valence electrons. The minimum Gasteiger partial charge on any atom is -0.431 e. The molecule has 1 aromatic carbocycles. The molecule has 0 aliphatic carbocycles. The molecule has 1 N–H and O–H groups in total. The molecule has 0 radical (unpaired) electrons. The van der Waals surface area contributed by atoms with E-state index in [2.05, 4.69) is 31.1 Å². The van der Waals surface area contributed by atoms with Gasteiger partial charge in [-0.25, -0.2) is 4.98 Å². The molecule has 0 unspecified atom stereocenters. The van der Waals surface area contributed by atoms with E-state index in [1.54, 1.807) is 11.8 Å². The van der Waals surface area contributed by atoms with Crippen LogP contribution in [0.25, 0.3) is 11.1 Å². The van der Waals surface area contributed by atoms with E-state index in [1.165, 1.54) is 12.8 Å². The third-order valence-corrected chi connectivity index (χ3v) is 3.64. The van der Waals surface area contributed by atoms with Gasteiger partial charge in [0.25, 0.3) is 5.22 Å². The van der Waals surface area contributed by atoms with Crippen LogP contribution in [0.5, 0.6) is 0 Å². The molecule has 0 atom stereocenters. The Balaban J connectivity index is 1.68. The highest BCUT2D eigenvalue weighted by atomic mass is 32.2. The van der Waals surface area contributed by atoms with E-state index < -0.39 is 0 Å². The van der Waals surface area contributed by atoms with Crippen molar-refractivity contribution in [1.82, 2.24) is 10.3 Å². The van der Waals surface area contributed by atoms with Crippen LogP contribution in [-0.2, 0) is 0 Å². The van der Waals surface area contributed by atoms with Gasteiger partial charge in [0, 0.05) is 11.3 Å². The Labute approximate surface area is 119 Å². The van der Waals surface area contributed by atoms with Crippen molar-refractivity contribution in [1.29, 1.82) is 0 Å². The van der Waals surface area contributed by atoms with Crippen molar-refractivity contribution in [2.45, 2.75) is 44.4 Å². The van der Waals surface area contributed by atoms with Gasteiger partial charge in [-0.3, -0.25) is 0 Å². The monoisotopic (exact) mass is 278 g/mol. The molecule has 0 aliphatic rings. The molecule has 3 nitrogen and oxygen atoms in total. The first kappa shape index (κ1) is 14.4. The van der Waals surface area contributed by atoms with Gasteiger partial charge in [-0.15, -0.1) is 0 Å². The number of aromatic nitrogens is 1.